The van der Waals surface area contributed by atoms with Crippen molar-refractivity contribution in [1.82, 2.24) is 4.57 Å². The van der Waals surface area contributed by atoms with Gasteiger partial charge in [0.05, 0.1) is 19.4 Å². The summed E-state index contributed by atoms with van der Waals surface area (Å²) in [7, 11) is -1.11. The molecule has 1 amide bonds. The van der Waals surface area contributed by atoms with Gasteiger partial charge in [0, 0.05) is 32.0 Å². The Labute approximate surface area is 203 Å². The molecule has 184 valence electrons. The number of anilines is 1. The number of carbonyl (C=O) groups is 1. The highest BCUT2D eigenvalue weighted by Crippen LogP contribution is 2.31. The van der Waals surface area contributed by atoms with E-state index in [1.165, 1.54) is 67.5 Å². The summed E-state index contributed by atoms with van der Waals surface area (Å²) in [4.78, 5) is 24.2. The van der Waals surface area contributed by atoms with E-state index in [0.29, 0.717) is 24.4 Å². The average Bonchev–Trinajstić information content (AvgIpc) is 2.83. The molecule has 0 unspecified atom stereocenters. The summed E-state index contributed by atoms with van der Waals surface area (Å²) in [6, 6.07) is 13.8. The molecular weight excluding hydrogens is 472 g/mol. The van der Waals surface area contributed by atoms with E-state index in [-0.39, 0.29) is 22.0 Å². The van der Waals surface area contributed by atoms with Crippen molar-refractivity contribution in [2.75, 3.05) is 26.1 Å². The minimum Gasteiger partial charge on any atom is -0.493 e. The van der Waals surface area contributed by atoms with Gasteiger partial charge in [-0.25, -0.2) is 0 Å². The number of amides is 1. The largest absolute Gasteiger partial charge is 0.493 e. The van der Waals surface area contributed by atoms with Crippen LogP contribution in [0.4, 0.5) is 5.69 Å². The van der Waals surface area contributed by atoms with Crippen LogP contribution in [0.1, 0.15) is 11.1 Å². The van der Waals surface area contributed by atoms with Gasteiger partial charge in [0.25, 0.3) is 5.56 Å². The number of ether oxygens (including phenoxy) is 2. The molecule has 3 aromatic rings. The van der Waals surface area contributed by atoms with Crippen LogP contribution >= 0.6 is 0 Å². The first-order valence-electron chi connectivity index (χ1n) is 10.6. The predicted octanol–water partition coefficient (Wildman–Crippen LogP) is 3.23. The van der Waals surface area contributed by atoms with Crippen LogP contribution < -0.4 is 19.8 Å². The molecule has 0 bridgehead atoms. The van der Waals surface area contributed by atoms with Gasteiger partial charge in [-0.05, 0) is 48.9 Å². The number of pyridine rings is 1. The minimum atomic E-state index is -4.04. The topological polar surface area (TPSA) is 113 Å². The fourth-order valence-corrected chi connectivity index (χ4v) is 3.99. The maximum Gasteiger partial charge on any atom is 0.339 e. The van der Waals surface area contributed by atoms with Crippen molar-refractivity contribution in [3.63, 3.8) is 0 Å². The molecule has 0 saturated heterocycles. The zero-order chi connectivity index (χ0) is 25.4. The van der Waals surface area contributed by atoms with E-state index >= 15 is 0 Å². The molecule has 3 rings (SSSR count). The SMILES string of the molecule is COCCn1cc(NC(=O)/C=C/c2ccc(OS(=O)(=O)c3ccc(C)cc3)c(OC)c2)ccc1=O. The highest BCUT2D eigenvalue weighted by Gasteiger charge is 2.19. The first kappa shape index (κ1) is 25.7. The highest BCUT2D eigenvalue weighted by molar-refractivity contribution is 7.87. The number of aryl methyl sites for hydroxylation is 1. The van der Waals surface area contributed by atoms with Gasteiger partial charge in [0.1, 0.15) is 4.90 Å². The third-order valence-corrected chi connectivity index (χ3v) is 6.16. The number of hydrogen-bond donors (Lipinski definition) is 1. The number of rotatable bonds is 10. The lowest BCUT2D eigenvalue weighted by Gasteiger charge is -2.11. The smallest absolute Gasteiger partial charge is 0.339 e. The fraction of sp³-hybridized carbons (Fsp3) is 0.200. The molecule has 1 heterocycles. The standard InChI is InChI=1S/C25H26N2O7S/c1-18-4-9-21(10-5-18)35(30,31)34-22-11-6-19(16-23(22)33-3)7-12-24(28)26-20-8-13-25(29)27(17-20)14-15-32-2/h4-13,16-17H,14-15H2,1-3H3,(H,26,28)/b12-7+. The maximum absolute atomic E-state index is 12.6. The molecule has 0 aliphatic rings. The Hall–Kier alpha value is -3.89. The van der Waals surface area contributed by atoms with Crippen LogP contribution in [0.25, 0.3) is 6.08 Å². The van der Waals surface area contributed by atoms with Crippen LogP contribution in [0.5, 0.6) is 11.5 Å². The first-order chi connectivity index (χ1) is 16.7. The van der Waals surface area contributed by atoms with Crippen LogP contribution in [0, 0.1) is 6.92 Å². The van der Waals surface area contributed by atoms with Crippen molar-refractivity contribution in [2.45, 2.75) is 18.4 Å². The van der Waals surface area contributed by atoms with Gasteiger partial charge in [-0.15, -0.1) is 0 Å². The molecule has 1 aromatic heterocycles. The molecule has 0 saturated carbocycles. The van der Waals surface area contributed by atoms with Crippen LogP contribution in [-0.4, -0.2) is 39.7 Å². The van der Waals surface area contributed by atoms with E-state index in [0.717, 1.165) is 5.56 Å². The Bertz CT molecular complexity index is 1380. The van der Waals surface area contributed by atoms with Gasteiger partial charge in [-0.1, -0.05) is 23.8 Å². The molecule has 1 N–H and O–H groups in total. The number of benzene rings is 2. The first-order valence-corrected chi connectivity index (χ1v) is 12.0. The number of nitrogens with zero attached hydrogens (tertiary/aromatic N) is 1. The summed E-state index contributed by atoms with van der Waals surface area (Å²) >= 11 is 0. The van der Waals surface area contributed by atoms with Gasteiger partial charge < -0.3 is 23.5 Å². The summed E-state index contributed by atoms with van der Waals surface area (Å²) in [5.41, 5.74) is 1.77. The Morgan fingerprint density at radius 2 is 1.77 bits per heavy atom. The molecule has 10 heteroatoms. The van der Waals surface area contributed by atoms with Gasteiger partial charge in [0.2, 0.25) is 5.91 Å². The van der Waals surface area contributed by atoms with Crippen molar-refractivity contribution in [3.05, 3.63) is 88.4 Å². The maximum atomic E-state index is 12.6. The summed E-state index contributed by atoms with van der Waals surface area (Å²) in [6.07, 6.45) is 4.39. The molecule has 0 spiro atoms. The Morgan fingerprint density at radius 3 is 2.46 bits per heavy atom. The molecule has 0 aliphatic carbocycles. The third kappa shape index (κ3) is 7.05. The number of aromatic nitrogens is 1. The van der Waals surface area contributed by atoms with E-state index in [9.17, 15) is 18.0 Å². The van der Waals surface area contributed by atoms with Crippen LogP contribution in [0.15, 0.2) is 76.6 Å². The van der Waals surface area contributed by atoms with Crippen molar-refractivity contribution in [2.24, 2.45) is 0 Å². The normalized spacial score (nSPS) is 11.4. The molecule has 0 fully saturated rings. The van der Waals surface area contributed by atoms with Crippen molar-refractivity contribution >= 4 is 27.8 Å². The summed E-state index contributed by atoms with van der Waals surface area (Å²) in [5, 5.41) is 2.69. The van der Waals surface area contributed by atoms with Gasteiger partial charge in [0.15, 0.2) is 11.5 Å². The summed E-state index contributed by atoms with van der Waals surface area (Å²) in [6.45, 7) is 2.59. The lowest BCUT2D eigenvalue weighted by atomic mass is 10.2. The van der Waals surface area contributed by atoms with Crippen LogP contribution in [0.3, 0.4) is 0 Å². The zero-order valence-electron chi connectivity index (χ0n) is 19.6. The van der Waals surface area contributed by atoms with E-state index < -0.39 is 16.0 Å². The van der Waals surface area contributed by atoms with Gasteiger partial charge >= 0.3 is 10.1 Å². The monoisotopic (exact) mass is 498 g/mol. The van der Waals surface area contributed by atoms with E-state index in [4.69, 9.17) is 13.7 Å². The number of hydrogen-bond acceptors (Lipinski definition) is 7. The second-order valence-corrected chi connectivity index (χ2v) is 9.07. The molecule has 0 radical (unpaired) electrons. The lowest BCUT2D eigenvalue weighted by Crippen LogP contribution is -2.22. The molecule has 0 aliphatic heterocycles. The summed E-state index contributed by atoms with van der Waals surface area (Å²) < 4.78 is 42.1. The predicted molar refractivity (Wildman–Crippen MR) is 132 cm³/mol. The Kier molecular flexibility index (Phi) is 8.45. The number of methoxy groups -OCH3 is 2. The lowest BCUT2D eigenvalue weighted by molar-refractivity contribution is -0.111. The van der Waals surface area contributed by atoms with E-state index in [1.807, 2.05) is 6.92 Å². The van der Waals surface area contributed by atoms with Gasteiger partial charge in [-0.2, -0.15) is 8.42 Å². The number of carbonyl (C=O) groups excluding carboxylic acids is 1. The van der Waals surface area contributed by atoms with Crippen molar-refractivity contribution in [1.29, 1.82) is 0 Å². The van der Waals surface area contributed by atoms with Crippen LogP contribution in [-0.2, 0) is 26.2 Å². The Balaban J connectivity index is 1.71. The zero-order valence-corrected chi connectivity index (χ0v) is 20.4. The second-order valence-electron chi connectivity index (χ2n) is 7.53. The van der Waals surface area contributed by atoms with Crippen molar-refractivity contribution < 1.29 is 26.9 Å². The molecule has 2 aromatic carbocycles. The average molecular weight is 499 g/mol. The van der Waals surface area contributed by atoms with E-state index in [2.05, 4.69) is 5.32 Å². The molecule has 0 atom stereocenters. The fourth-order valence-electron chi connectivity index (χ4n) is 3.05. The van der Waals surface area contributed by atoms with Crippen molar-refractivity contribution in [3.8, 4) is 11.5 Å². The van der Waals surface area contributed by atoms with E-state index in [1.54, 1.807) is 24.3 Å². The van der Waals surface area contributed by atoms with Crippen LogP contribution in [0.2, 0.25) is 0 Å². The highest BCUT2D eigenvalue weighted by atomic mass is 32.2. The number of nitrogens with one attached hydrogen (secondary N) is 1. The minimum absolute atomic E-state index is 0.0213. The molecule has 9 nitrogen and oxygen atoms in total. The third-order valence-electron chi connectivity index (χ3n) is 4.91. The quantitative estimate of drug-likeness (QED) is 0.337. The molecular formula is C25H26N2O7S. The Morgan fingerprint density at radius 1 is 1.03 bits per heavy atom. The second kappa shape index (κ2) is 11.5. The summed E-state index contributed by atoms with van der Waals surface area (Å²) in [5.74, 6) is -0.204. The molecule has 35 heavy (non-hydrogen) atoms. The van der Waals surface area contributed by atoms with Gasteiger partial charge in [-0.3, -0.25) is 9.59 Å².